The van der Waals surface area contributed by atoms with Gasteiger partial charge in [0.05, 0.1) is 17.4 Å². The van der Waals surface area contributed by atoms with E-state index in [9.17, 15) is 4.79 Å². The summed E-state index contributed by atoms with van der Waals surface area (Å²) in [6.07, 6.45) is 1.77. The molecule has 0 spiro atoms. The van der Waals surface area contributed by atoms with Crippen LogP contribution < -0.4 is 15.0 Å². The summed E-state index contributed by atoms with van der Waals surface area (Å²) in [6, 6.07) is 2.21. The van der Waals surface area contributed by atoms with Crippen LogP contribution in [0.1, 0.15) is 39.3 Å². The predicted octanol–water partition coefficient (Wildman–Crippen LogP) is 3.68. The van der Waals surface area contributed by atoms with Gasteiger partial charge in [0.1, 0.15) is 12.2 Å². The van der Waals surface area contributed by atoms with Crippen molar-refractivity contribution in [3.05, 3.63) is 11.8 Å². The van der Waals surface area contributed by atoms with Crippen molar-refractivity contribution in [3.8, 4) is 5.75 Å². The highest BCUT2D eigenvalue weighted by Crippen LogP contribution is 2.42. The van der Waals surface area contributed by atoms with E-state index in [2.05, 4.69) is 31.1 Å². The van der Waals surface area contributed by atoms with Gasteiger partial charge in [0.25, 0.3) is 0 Å². The molecule has 3 rings (SSSR count). The molecule has 2 aliphatic heterocycles. The van der Waals surface area contributed by atoms with E-state index in [0.29, 0.717) is 29.4 Å². The highest BCUT2D eigenvalue weighted by atomic mass is 79.9. The fraction of sp³-hybridized carbons (Fsp3) is 0.625. The monoisotopic (exact) mass is 383 g/mol. The van der Waals surface area contributed by atoms with Crippen LogP contribution in [0.4, 0.5) is 16.3 Å². The first-order valence-corrected chi connectivity index (χ1v) is 8.99. The maximum Gasteiger partial charge on any atom is 0.412 e. The Morgan fingerprint density at radius 2 is 2.35 bits per heavy atom. The second kappa shape index (κ2) is 6.19. The first-order chi connectivity index (χ1) is 10.9. The van der Waals surface area contributed by atoms with Crippen molar-refractivity contribution in [3.63, 3.8) is 0 Å². The molecule has 2 aliphatic rings. The highest BCUT2D eigenvalue weighted by Gasteiger charge is 2.34. The molecule has 1 aromatic heterocycles. The molecule has 0 saturated carbocycles. The number of nitrogens with zero attached hydrogens (tertiary/aromatic N) is 2. The van der Waals surface area contributed by atoms with Crippen LogP contribution in [-0.4, -0.2) is 35.9 Å². The second-order valence-corrected chi connectivity index (χ2v) is 7.44. The van der Waals surface area contributed by atoms with Crippen LogP contribution in [-0.2, 0) is 10.1 Å². The van der Waals surface area contributed by atoms with Crippen molar-refractivity contribution < 1.29 is 14.3 Å². The average Bonchev–Trinajstić information content (AvgIpc) is 2.93. The Hall–Kier alpha value is -1.50. The number of alkyl halides is 1. The molecule has 3 heterocycles. The Labute approximate surface area is 144 Å². The number of aromatic nitrogens is 1. The first-order valence-electron chi connectivity index (χ1n) is 7.87. The summed E-state index contributed by atoms with van der Waals surface area (Å²) in [4.78, 5) is 19.1. The van der Waals surface area contributed by atoms with E-state index < -0.39 is 11.7 Å². The predicted molar refractivity (Wildman–Crippen MR) is 92.6 cm³/mol. The minimum absolute atomic E-state index is 0.384. The van der Waals surface area contributed by atoms with E-state index in [1.807, 2.05) is 26.8 Å². The number of carbonyl (C=O) groups excluding carboxylic acids is 1. The lowest BCUT2D eigenvalue weighted by atomic mass is 10.2. The molecule has 0 aliphatic carbocycles. The molecule has 1 atom stereocenters. The first kappa shape index (κ1) is 16.4. The minimum Gasteiger partial charge on any atom is -0.485 e. The zero-order chi connectivity index (χ0) is 16.6. The van der Waals surface area contributed by atoms with Gasteiger partial charge in [-0.1, -0.05) is 15.9 Å². The molecule has 0 bridgehead atoms. The molecule has 0 aromatic carbocycles. The minimum atomic E-state index is -0.545. The number of rotatable bonds is 2. The smallest absolute Gasteiger partial charge is 0.412 e. The molecular weight excluding hydrogens is 362 g/mol. The largest absolute Gasteiger partial charge is 0.485 e. The lowest BCUT2D eigenvalue weighted by molar-refractivity contribution is 0.0635. The number of anilines is 2. The van der Waals surface area contributed by atoms with Crippen molar-refractivity contribution in [1.29, 1.82) is 0 Å². The Morgan fingerprint density at radius 1 is 1.57 bits per heavy atom. The molecule has 1 unspecified atom stereocenters. The third-order valence-corrected chi connectivity index (χ3v) is 4.42. The number of ether oxygens (including phenoxy) is 2. The van der Waals surface area contributed by atoms with Crippen LogP contribution in [0.3, 0.4) is 0 Å². The van der Waals surface area contributed by atoms with Crippen LogP contribution in [0.15, 0.2) is 6.07 Å². The van der Waals surface area contributed by atoms with Crippen LogP contribution in [0.25, 0.3) is 0 Å². The molecular formula is C16H22BrN3O3. The van der Waals surface area contributed by atoms with Crippen molar-refractivity contribution in [2.24, 2.45) is 0 Å². The SMILES string of the molecule is CC(C)(C)OC(=O)Nc1cc(CBr)nc2c1OCC1CCCN21. The normalized spacial score (nSPS) is 19.7. The molecule has 23 heavy (non-hydrogen) atoms. The summed E-state index contributed by atoms with van der Waals surface area (Å²) in [5, 5.41) is 3.42. The van der Waals surface area contributed by atoms with Crippen LogP contribution in [0.5, 0.6) is 5.75 Å². The summed E-state index contributed by atoms with van der Waals surface area (Å²) in [5.74, 6) is 1.46. The number of pyridine rings is 1. The maximum atomic E-state index is 12.1. The zero-order valence-electron chi connectivity index (χ0n) is 13.7. The van der Waals surface area contributed by atoms with E-state index in [4.69, 9.17) is 9.47 Å². The third-order valence-electron chi connectivity index (χ3n) is 3.85. The van der Waals surface area contributed by atoms with E-state index in [1.54, 1.807) is 0 Å². The number of hydrogen-bond donors (Lipinski definition) is 1. The van der Waals surface area contributed by atoms with Crippen LogP contribution in [0, 0.1) is 0 Å². The van der Waals surface area contributed by atoms with Gasteiger partial charge in [0.15, 0.2) is 11.6 Å². The lowest BCUT2D eigenvalue weighted by Gasteiger charge is -2.33. The Balaban J connectivity index is 1.91. The van der Waals surface area contributed by atoms with E-state index in [0.717, 1.165) is 30.9 Å². The third kappa shape index (κ3) is 3.54. The number of fused-ring (bicyclic) bond motifs is 3. The summed E-state index contributed by atoms with van der Waals surface area (Å²) < 4.78 is 11.3. The lowest BCUT2D eigenvalue weighted by Crippen LogP contribution is -2.39. The average molecular weight is 384 g/mol. The summed E-state index contributed by atoms with van der Waals surface area (Å²) in [6.45, 7) is 7.12. The molecule has 1 N–H and O–H groups in total. The number of carbonyl (C=O) groups is 1. The van der Waals surface area contributed by atoms with Gasteiger partial charge < -0.3 is 14.4 Å². The summed E-state index contributed by atoms with van der Waals surface area (Å²) in [7, 11) is 0. The molecule has 7 heteroatoms. The van der Waals surface area contributed by atoms with Gasteiger partial charge in [-0.2, -0.15) is 0 Å². The fourth-order valence-electron chi connectivity index (χ4n) is 2.95. The maximum absolute atomic E-state index is 12.1. The van der Waals surface area contributed by atoms with Crippen LogP contribution >= 0.6 is 15.9 Å². The molecule has 1 aromatic rings. The molecule has 6 nitrogen and oxygen atoms in total. The summed E-state index contributed by atoms with van der Waals surface area (Å²) in [5.41, 5.74) is 0.922. The molecule has 0 radical (unpaired) electrons. The second-order valence-electron chi connectivity index (χ2n) is 6.87. The van der Waals surface area contributed by atoms with Gasteiger partial charge in [-0.05, 0) is 39.7 Å². The van der Waals surface area contributed by atoms with Crippen molar-refractivity contribution in [2.45, 2.75) is 50.6 Å². The van der Waals surface area contributed by atoms with Crippen molar-refractivity contribution in [1.82, 2.24) is 4.98 Å². The topological polar surface area (TPSA) is 63.7 Å². The van der Waals surface area contributed by atoms with E-state index in [1.165, 1.54) is 0 Å². The molecule has 1 saturated heterocycles. The zero-order valence-corrected chi connectivity index (χ0v) is 15.3. The quantitative estimate of drug-likeness (QED) is 0.788. The number of halogens is 1. The van der Waals surface area contributed by atoms with Gasteiger partial charge in [0, 0.05) is 11.9 Å². The Kier molecular flexibility index (Phi) is 4.40. The van der Waals surface area contributed by atoms with Gasteiger partial charge in [0.2, 0.25) is 0 Å². The van der Waals surface area contributed by atoms with Crippen LogP contribution in [0.2, 0.25) is 0 Å². The molecule has 1 fully saturated rings. The number of hydrogen-bond acceptors (Lipinski definition) is 5. The van der Waals surface area contributed by atoms with E-state index >= 15 is 0 Å². The number of nitrogens with one attached hydrogen (secondary N) is 1. The number of amides is 1. The Bertz CT molecular complexity index is 615. The standard InChI is InChI=1S/C16H22BrN3O3/c1-16(2,3)23-15(21)19-12-7-10(8-17)18-14-13(12)22-9-11-5-4-6-20(11)14/h7,11H,4-6,8-9H2,1-3H3,(H,18,19,21). The highest BCUT2D eigenvalue weighted by molar-refractivity contribution is 9.08. The van der Waals surface area contributed by atoms with Crippen molar-refractivity contribution >= 4 is 33.5 Å². The fourth-order valence-corrected chi connectivity index (χ4v) is 3.24. The van der Waals surface area contributed by atoms with Crippen molar-refractivity contribution in [2.75, 3.05) is 23.4 Å². The van der Waals surface area contributed by atoms with Gasteiger partial charge in [-0.25, -0.2) is 9.78 Å². The molecule has 1 amide bonds. The summed E-state index contributed by atoms with van der Waals surface area (Å²) >= 11 is 3.44. The molecule has 126 valence electrons. The van der Waals surface area contributed by atoms with E-state index in [-0.39, 0.29) is 0 Å². The van der Waals surface area contributed by atoms with Gasteiger partial charge >= 0.3 is 6.09 Å². The van der Waals surface area contributed by atoms with Gasteiger partial charge in [-0.15, -0.1) is 0 Å². The van der Waals surface area contributed by atoms with Gasteiger partial charge in [-0.3, -0.25) is 5.32 Å². The Morgan fingerprint density at radius 3 is 3.04 bits per heavy atom.